The molecule has 0 unspecified atom stereocenters. The molecule has 11 heteroatoms. The first-order valence-corrected chi connectivity index (χ1v) is 14.6. The number of nitrogens with one attached hydrogen (secondary N) is 1. The molecule has 0 aliphatic carbocycles. The molecule has 0 atom stereocenters. The maximum Gasteiger partial charge on any atom is 0.435 e. The molecule has 2 aromatic carbocycles. The number of carbonyl (C=O) groups excluding carboxylic acids is 1. The monoisotopic (exact) mass is 529 g/mol. The van der Waals surface area contributed by atoms with Gasteiger partial charge >= 0.3 is 6.09 Å². The molecule has 38 heavy (non-hydrogen) atoms. The zero-order valence-corrected chi connectivity index (χ0v) is 22.7. The fourth-order valence-electron chi connectivity index (χ4n) is 3.92. The van der Waals surface area contributed by atoms with Crippen molar-refractivity contribution in [2.24, 2.45) is 0 Å². The fraction of sp³-hybridized carbons (Fsp3) is 0.222. The SMILES string of the molecule is CC(C)(C)OC(=O)n1ncc2c(C=Cn3cnc4c(Nc5ccc(P(C)(C)=O)cc5)ncnc43)cccc21. The number of imidazole rings is 1. The standard InChI is InChI=1S/C27H28N7O3P/c1-27(2,3)37-26(35)34-22-8-6-7-18(21(22)15-31-34)13-14-33-17-30-23-24(28-16-29-25(23)33)32-19-9-11-20(12-10-19)38(4,5)36/h6-17H,1-5H3,(H,28,29,32). The summed E-state index contributed by atoms with van der Waals surface area (Å²) in [4.78, 5) is 25.9. The summed E-state index contributed by atoms with van der Waals surface area (Å²) in [6.07, 6.45) is 8.02. The lowest BCUT2D eigenvalue weighted by molar-refractivity contribution is 0.0522. The maximum absolute atomic E-state index is 12.6. The molecule has 3 aromatic heterocycles. The van der Waals surface area contributed by atoms with E-state index >= 15 is 0 Å². The van der Waals surface area contributed by atoms with Crippen LogP contribution in [0.3, 0.4) is 0 Å². The Balaban J connectivity index is 1.42. The second-order valence-electron chi connectivity index (χ2n) is 10.2. The van der Waals surface area contributed by atoms with Gasteiger partial charge in [0.15, 0.2) is 17.0 Å². The first kappa shape index (κ1) is 25.4. The molecule has 1 N–H and O–H groups in total. The van der Waals surface area contributed by atoms with Crippen LogP contribution in [0.1, 0.15) is 26.3 Å². The van der Waals surface area contributed by atoms with E-state index < -0.39 is 18.8 Å². The predicted octanol–water partition coefficient (Wildman–Crippen LogP) is 5.58. The number of hydrogen-bond acceptors (Lipinski definition) is 8. The van der Waals surface area contributed by atoms with Crippen molar-refractivity contribution in [3.05, 3.63) is 66.9 Å². The van der Waals surface area contributed by atoms with Gasteiger partial charge in [-0.05, 0) is 76.1 Å². The van der Waals surface area contributed by atoms with Gasteiger partial charge in [-0.25, -0.2) is 19.7 Å². The van der Waals surface area contributed by atoms with Gasteiger partial charge in [-0.1, -0.05) is 12.1 Å². The molecule has 0 radical (unpaired) electrons. The van der Waals surface area contributed by atoms with E-state index in [1.807, 2.05) is 75.5 Å². The van der Waals surface area contributed by atoms with Crippen molar-refractivity contribution in [1.29, 1.82) is 0 Å². The third kappa shape index (κ3) is 5.21. The Kier molecular flexibility index (Phi) is 6.36. The molecule has 10 nitrogen and oxygen atoms in total. The number of rotatable bonds is 5. The lowest BCUT2D eigenvalue weighted by atomic mass is 10.1. The number of ether oxygens (including phenoxy) is 1. The Bertz CT molecular complexity index is 1720. The topological polar surface area (TPSA) is 117 Å². The van der Waals surface area contributed by atoms with Crippen molar-refractivity contribution in [3.63, 3.8) is 0 Å². The van der Waals surface area contributed by atoms with Crippen LogP contribution in [0.4, 0.5) is 16.3 Å². The van der Waals surface area contributed by atoms with Crippen LogP contribution in [0, 0.1) is 0 Å². The quantitative estimate of drug-likeness (QED) is 0.293. The maximum atomic E-state index is 12.6. The number of benzene rings is 2. The highest BCUT2D eigenvalue weighted by atomic mass is 31.2. The van der Waals surface area contributed by atoms with Crippen molar-refractivity contribution < 1.29 is 14.1 Å². The molecule has 5 aromatic rings. The van der Waals surface area contributed by atoms with Crippen molar-refractivity contribution in [2.45, 2.75) is 26.4 Å². The van der Waals surface area contributed by atoms with Crippen LogP contribution in [0.15, 0.2) is 61.3 Å². The second-order valence-corrected chi connectivity index (χ2v) is 13.4. The Morgan fingerprint density at radius 1 is 1.05 bits per heavy atom. The molecule has 0 spiro atoms. The average Bonchev–Trinajstić information content (AvgIpc) is 3.47. The number of hydrogen-bond donors (Lipinski definition) is 1. The molecule has 0 fully saturated rings. The number of anilines is 2. The van der Waals surface area contributed by atoms with Gasteiger partial charge in [0, 0.05) is 22.6 Å². The van der Waals surface area contributed by atoms with Crippen molar-refractivity contribution >= 4 is 64.4 Å². The van der Waals surface area contributed by atoms with E-state index in [4.69, 9.17) is 4.74 Å². The summed E-state index contributed by atoms with van der Waals surface area (Å²) in [6, 6.07) is 13.1. The van der Waals surface area contributed by atoms with Crippen LogP contribution in [0.2, 0.25) is 0 Å². The molecule has 0 amide bonds. The highest BCUT2D eigenvalue weighted by Gasteiger charge is 2.20. The summed E-state index contributed by atoms with van der Waals surface area (Å²) in [5.41, 5.74) is 2.94. The summed E-state index contributed by atoms with van der Waals surface area (Å²) < 4.78 is 20.8. The number of nitrogens with zero attached hydrogens (tertiary/aromatic N) is 6. The van der Waals surface area contributed by atoms with E-state index in [9.17, 15) is 9.36 Å². The summed E-state index contributed by atoms with van der Waals surface area (Å²) >= 11 is 0. The van der Waals surface area contributed by atoms with Gasteiger partial charge in [0.05, 0.1) is 11.7 Å². The van der Waals surface area contributed by atoms with Gasteiger partial charge in [-0.3, -0.25) is 4.57 Å². The van der Waals surface area contributed by atoms with Crippen molar-refractivity contribution in [3.8, 4) is 0 Å². The van der Waals surface area contributed by atoms with E-state index in [2.05, 4.69) is 25.4 Å². The molecular weight excluding hydrogens is 501 g/mol. The van der Waals surface area contributed by atoms with Gasteiger partial charge in [-0.2, -0.15) is 9.78 Å². The summed E-state index contributed by atoms with van der Waals surface area (Å²) in [7, 11) is -2.32. The lowest BCUT2D eigenvalue weighted by Gasteiger charge is -2.19. The van der Waals surface area contributed by atoms with Gasteiger partial charge < -0.3 is 14.6 Å². The predicted molar refractivity (Wildman–Crippen MR) is 151 cm³/mol. The molecule has 0 aliphatic rings. The first-order valence-electron chi connectivity index (χ1n) is 12.0. The minimum absolute atomic E-state index is 0.529. The van der Waals surface area contributed by atoms with Crippen molar-refractivity contribution in [1.82, 2.24) is 29.3 Å². The molecular formula is C27H28N7O3P. The zero-order valence-electron chi connectivity index (χ0n) is 21.8. The Morgan fingerprint density at radius 3 is 2.53 bits per heavy atom. The summed E-state index contributed by atoms with van der Waals surface area (Å²) in [6.45, 7) is 8.94. The number of aromatic nitrogens is 6. The third-order valence-electron chi connectivity index (χ3n) is 5.74. The minimum Gasteiger partial charge on any atom is -0.442 e. The van der Waals surface area contributed by atoms with Crippen LogP contribution in [0.5, 0.6) is 0 Å². The van der Waals surface area contributed by atoms with Crippen LogP contribution in [-0.4, -0.2) is 54.3 Å². The van der Waals surface area contributed by atoms with Crippen LogP contribution >= 0.6 is 7.14 Å². The van der Waals surface area contributed by atoms with E-state index in [1.54, 1.807) is 30.4 Å². The van der Waals surface area contributed by atoms with E-state index in [0.29, 0.717) is 22.5 Å². The molecule has 0 saturated heterocycles. The van der Waals surface area contributed by atoms with Gasteiger partial charge in [0.1, 0.15) is 25.4 Å². The number of fused-ring (bicyclic) bond motifs is 2. The fourth-order valence-corrected chi connectivity index (χ4v) is 4.79. The minimum atomic E-state index is -2.32. The highest BCUT2D eigenvalue weighted by Crippen LogP contribution is 2.35. The number of carbonyl (C=O) groups is 1. The Morgan fingerprint density at radius 2 is 1.82 bits per heavy atom. The molecule has 5 rings (SSSR count). The average molecular weight is 530 g/mol. The summed E-state index contributed by atoms with van der Waals surface area (Å²) in [5.74, 6) is 0.562. The molecule has 0 saturated carbocycles. The largest absolute Gasteiger partial charge is 0.442 e. The Labute approximate surface area is 219 Å². The second kappa shape index (κ2) is 9.54. The first-order chi connectivity index (χ1) is 18.0. The molecule has 194 valence electrons. The van der Waals surface area contributed by atoms with Crippen molar-refractivity contribution in [2.75, 3.05) is 18.6 Å². The van der Waals surface area contributed by atoms with E-state index in [0.717, 1.165) is 21.9 Å². The zero-order chi connectivity index (χ0) is 27.1. The molecule has 0 aliphatic heterocycles. The van der Waals surface area contributed by atoms with Crippen LogP contribution in [-0.2, 0) is 9.30 Å². The smallest absolute Gasteiger partial charge is 0.435 e. The highest BCUT2D eigenvalue weighted by molar-refractivity contribution is 7.70. The summed E-state index contributed by atoms with van der Waals surface area (Å²) in [5, 5.41) is 9.15. The molecule has 0 bridgehead atoms. The third-order valence-corrected chi connectivity index (χ3v) is 7.28. The van der Waals surface area contributed by atoms with Crippen LogP contribution < -0.4 is 10.6 Å². The normalized spacial score (nSPS) is 12.4. The van der Waals surface area contributed by atoms with E-state index in [-0.39, 0.29) is 0 Å². The Hall–Kier alpha value is -4.30. The van der Waals surface area contributed by atoms with Gasteiger partial charge in [0.25, 0.3) is 0 Å². The molecule has 3 heterocycles. The van der Waals surface area contributed by atoms with Crippen LogP contribution in [0.25, 0.3) is 34.3 Å². The van der Waals surface area contributed by atoms with E-state index in [1.165, 1.54) is 11.0 Å². The van der Waals surface area contributed by atoms with Gasteiger partial charge in [0.2, 0.25) is 0 Å². The lowest BCUT2D eigenvalue weighted by Crippen LogP contribution is -2.27. The van der Waals surface area contributed by atoms with Gasteiger partial charge in [-0.15, -0.1) is 0 Å².